The number of nitrogens with one attached hydrogen (secondary N) is 1. The number of hydrogen-bond acceptors (Lipinski definition) is 3. The van der Waals surface area contributed by atoms with Crippen molar-refractivity contribution in [3.8, 4) is 0 Å². The van der Waals surface area contributed by atoms with Crippen molar-refractivity contribution in [1.29, 1.82) is 0 Å². The summed E-state index contributed by atoms with van der Waals surface area (Å²) in [5.74, 6) is 0.131. The van der Waals surface area contributed by atoms with Crippen molar-refractivity contribution in [3.63, 3.8) is 0 Å². The lowest BCUT2D eigenvalue weighted by atomic mass is 10.1. The molecular weight excluding hydrogens is 292 g/mol. The van der Waals surface area contributed by atoms with Crippen LogP contribution >= 0.6 is 11.3 Å². The lowest BCUT2D eigenvalue weighted by Gasteiger charge is -2.24. The van der Waals surface area contributed by atoms with Gasteiger partial charge in [-0.3, -0.25) is 4.79 Å². The Morgan fingerprint density at radius 1 is 1.18 bits per heavy atom. The Morgan fingerprint density at radius 3 is 2.59 bits per heavy atom. The van der Waals surface area contributed by atoms with Gasteiger partial charge in [-0.25, -0.2) is 0 Å². The molecule has 1 aromatic heterocycles. The van der Waals surface area contributed by atoms with Gasteiger partial charge in [-0.15, -0.1) is 0 Å². The molecule has 0 saturated heterocycles. The first-order valence-electron chi connectivity index (χ1n) is 7.63. The molecule has 0 bridgehead atoms. The van der Waals surface area contributed by atoms with Crippen molar-refractivity contribution in [3.05, 3.63) is 58.3 Å². The van der Waals surface area contributed by atoms with Crippen LogP contribution in [0.2, 0.25) is 0 Å². The number of thiophene rings is 1. The van der Waals surface area contributed by atoms with Crippen LogP contribution in [0, 0.1) is 0 Å². The van der Waals surface area contributed by atoms with E-state index in [0.29, 0.717) is 19.0 Å². The van der Waals surface area contributed by atoms with E-state index in [1.165, 1.54) is 11.1 Å². The highest BCUT2D eigenvalue weighted by Crippen LogP contribution is 2.09. The number of likely N-dealkylation sites (N-methyl/N-ethyl adjacent to an activating group) is 1. The predicted molar refractivity (Wildman–Crippen MR) is 93.3 cm³/mol. The Morgan fingerprint density at radius 2 is 1.95 bits per heavy atom. The van der Waals surface area contributed by atoms with Gasteiger partial charge in [0.05, 0.1) is 0 Å². The van der Waals surface area contributed by atoms with Crippen molar-refractivity contribution in [2.45, 2.75) is 25.3 Å². The largest absolute Gasteiger partial charge is 0.355 e. The summed E-state index contributed by atoms with van der Waals surface area (Å²) in [7, 11) is 4.12. The van der Waals surface area contributed by atoms with E-state index in [-0.39, 0.29) is 5.91 Å². The molecule has 1 amide bonds. The minimum absolute atomic E-state index is 0.131. The zero-order chi connectivity index (χ0) is 15.8. The second-order valence-corrected chi connectivity index (χ2v) is 6.52. The summed E-state index contributed by atoms with van der Waals surface area (Å²) in [6.07, 6.45) is 2.32. The predicted octanol–water partition coefficient (Wildman–Crippen LogP) is 2.97. The number of nitrogens with zero attached hydrogens (tertiary/aromatic N) is 1. The highest BCUT2D eigenvalue weighted by atomic mass is 32.1. The zero-order valence-electron chi connectivity index (χ0n) is 13.3. The third kappa shape index (κ3) is 5.62. The van der Waals surface area contributed by atoms with Crippen LogP contribution in [0.15, 0.2) is 47.2 Å². The van der Waals surface area contributed by atoms with Crippen molar-refractivity contribution in [1.82, 2.24) is 10.2 Å². The van der Waals surface area contributed by atoms with Crippen LogP contribution in [0.25, 0.3) is 0 Å². The Kier molecular flexibility index (Phi) is 6.62. The minimum Gasteiger partial charge on any atom is -0.355 e. The molecule has 1 aromatic carbocycles. The average Bonchev–Trinajstić information content (AvgIpc) is 3.03. The molecule has 1 N–H and O–H groups in total. The number of benzene rings is 1. The Labute approximate surface area is 137 Å². The van der Waals surface area contributed by atoms with Gasteiger partial charge in [-0.2, -0.15) is 11.3 Å². The van der Waals surface area contributed by atoms with Gasteiger partial charge in [-0.1, -0.05) is 30.3 Å². The zero-order valence-corrected chi connectivity index (χ0v) is 14.1. The van der Waals surface area contributed by atoms with E-state index < -0.39 is 0 Å². The van der Waals surface area contributed by atoms with Gasteiger partial charge in [0.2, 0.25) is 5.91 Å². The first-order valence-corrected chi connectivity index (χ1v) is 8.57. The summed E-state index contributed by atoms with van der Waals surface area (Å²) in [6.45, 7) is 0.685. The molecule has 0 spiro atoms. The van der Waals surface area contributed by atoms with Crippen molar-refractivity contribution >= 4 is 17.2 Å². The van der Waals surface area contributed by atoms with Crippen LogP contribution in [0.1, 0.15) is 17.5 Å². The van der Waals surface area contributed by atoms with Crippen LogP contribution in [0.3, 0.4) is 0 Å². The molecule has 2 aromatic rings. The van der Waals surface area contributed by atoms with E-state index >= 15 is 0 Å². The first-order chi connectivity index (χ1) is 10.6. The lowest BCUT2D eigenvalue weighted by Crippen LogP contribution is -2.41. The molecule has 3 nitrogen and oxygen atoms in total. The van der Waals surface area contributed by atoms with Crippen LogP contribution in [-0.4, -0.2) is 37.5 Å². The first kappa shape index (κ1) is 16.7. The average molecular weight is 316 g/mol. The molecule has 1 unspecified atom stereocenters. The van der Waals surface area contributed by atoms with Crippen molar-refractivity contribution in [2.24, 2.45) is 0 Å². The fraction of sp³-hybridized carbons (Fsp3) is 0.389. The van der Waals surface area contributed by atoms with Gasteiger partial charge in [0.1, 0.15) is 0 Å². The molecule has 118 valence electrons. The van der Waals surface area contributed by atoms with Crippen LogP contribution in [0.5, 0.6) is 0 Å². The Bertz CT molecular complexity index is 552. The molecular formula is C18H24N2OS. The van der Waals surface area contributed by atoms with E-state index in [1.807, 2.05) is 6.07 Å². The Hall–Kier alpha value is -1.65. The number of rotatable bonds is 8. The van der Waals surface area contributed by atoms with Crippen molar-refractivity contribution < 1.29 is 4.79 Å². The van der Waals surface area contributed by atoms with E-state index in [2.05, 4.69) is 65.4 Å². The quantitative estimate of drug-likeness (QED) is 0.812. The molecule has 22 heavy (non-hydrogen) atoms. The van der Waals surface area contributed by atoms with Gasteiger partial charge < -0.3 is 10.2 Å². The SMILES string of the molecule is CN(C)C(CNC(=O)CCc1ccsc1)Cc1ccccc1. The summed E-state index contributed by atoms with van der Waals surface area (Å²) < 4.78 is 0. The number of carbonyl (C=O) groups excluding carboxylic acids is 1. The molecule has 1 heterocycles. The van der Waals surface area contributed by atoms with E-state index in [4.69, 9.17) is 0 Å². The maximum atomic E-state index is 12.0. The standard InChI is InChI=1S/C18H24N2OS/c1-20(2)17(12-15-6-4-3-5-7-15)13-19-18(21)9-8-16-10-11-22-14-16/h3-7,10-11,14,17H,8-9,12-13H2,1-2H3,(H,19,21). The van der Waals surface area contributed by atoms with Gasteiger partial charge in [0.25, 0.3) is 0 Å². The van der Waals surface area contributed by atoms with E-state index in [9.17, 15) is 4.79 Å². The maximum absolute atomic E-state index is 12.0. The molecule has 1 atom stereocenters. The molecule has 0 saturated carbocycles. The van der Waals surface area contributed by atoms with Crippen molar-refractivity contribution in [2.75, 3.05) is 20.6 Å². The second kappa shape index (κ2) is 8.71. The molecule has 4 heteroatoms. The summed E-state index contributed by atoms with van der Waals surface area (Å²) in [5, 5.41) is 7.22. The number of aryl methyl sites for hydroxylation is 1. The van der Waals surface area contributed by atoms with Crippen LogP contribution in [-0.2, 0) is 17.6 Å². The number of amides is 1. The Balaban J connectivity index is 1.77. The third-order valence-corrected chi connectivity index (χ3v) is 4.53. The second-order valence-electron chi connectivity index (χ2n) is 5.74. The highest BCUT2D eigenvalue weighted by Gasteiger charge is 2.13. The highest BCUT2D eigenvalue weighted by molar-refractivity contribution is 7.07. The van der Waals surface area contributed by atoms with Crippen LogP contribution in [0.4, 0.5) is 0 Å². The summed E-state index contributed by atoms with van der Waals surface area (Å²) in [5.41, 5.74) is 2.54. The monoisotopic (exact) mass is 316 g/mol. The third-order valence-electron chi connectivity index (χ3n) is 3.80. The van der Waals surface area contributed by atoms with Gasteiger partial charge >= 0.3 is 0 Å². The molecule has 0 aliphatic rings. The lowest BCUT2D eigenvalue weighted by molar-refractivity contribution is -0.121. The van der Waals surface area contributed by atoms with Crippen LogP contribution < -0.4 is 5.32 Å². The molecule has 0 aliphatic heterocycles. The molecule has 0 aliphatic carbocycles. The number of carbonyl (C=O) groups is 1. The van der Waals surface area contributed by atoms with Gasteiger partial charge in [0.15, 0.2) is 0 Å². The molecule has 2 rings (SSSR count). The molecule has 0 radical (unpaired) electrons. The summed E-state index contributed by atoms with van der Waals surface area (Å²) in [4.78, 5) is 14.2. The minimum atomic E-state index is 0.131. The maximum Gasteiger partial charge on any atom is 0.220 e. The fourth-order valence-corrected chi connectivity index (χ4v) is 3.04. The summed E-state index contributed by atoms with van der Waals surface area (Å²) in [6, 6.07) is 12.8. The summed E-state index contributed by atoms with van der Waals surface area (Å²) >= 11 is 1.68. The molecule has 0 fully saturated rings. The van der Waals surface area contributed by atoms with E-state index in [0.717, 1.165) is 12.8 Å². The fourth-order valence-electron chi connectivity index (χ4n) is 2.34. The normalized spacial score (nSPS) is 12.3. The smallest absolute Gasteiger partial charge is 0.220 e. The van der Waals surface area contributed by atoms with Gasteiger partial charge in [-0.05, 0) is 54.9 Å². The van der Waals surface area contributed by atoms with E-state index in [1.54, 1.807) is 11.3 Å². The topological polar surface area (TPSA) is 32.3 Å². The number of hydrogen-bond donors (Lipinski definition) is 1. The van der Waals surface area contributed by atoms with Gasteiger partial charge in [0, 0.05) is 19.0 Å².